The summed E-state index contributed by atoms with van der Waals surface area (Å²) in [5.74, 6) is 0.126. The van der Waals surface area contributed by atoms with Gasteiger partial charge in [-0.25, -0.2) is 0 Å². The molecular weight excluding hydrogens is 342 g/mol. The Labute approximate surface area is 148 Å². The number of aromatic nitrogens is 5. The summed E-state index contributed by atoms with van der Waals surface area (Å²) in [6.45, 7) is 1.97. The maximum atomic E-state index is 11.0. The first kappa shape index (κ1) is 17.0. The smallest absolute Gasteiger partial charge is 0.313 e. The third kappa shape index (κ3) is 3.50. The van der Waals surface area contributed by atoms with E-state index in [1.807, 2.05) is 44.4 Å². The van der Waals surface area contributed by atoms with Crippen LogP contribution in [-0.4, -0.2) is 48.5 Å². The number of carboxylic acid groups (broad SMARTS) is 1. The maximum absolute atomic E-state index is 11.0. The number of hydrogen-bond donors (Lipinski definition) is 1. The van der Waals surface area contributed by atoms with E-state index in [-0.39, 0.29) is 5.75 Å². The van der Waals surface area contributed by atoms with E-state index in [9.17, 15) is 4.79 Å². The van der Waals surface area contributed by atoms with Gasteiger partial charge in [0.25, 0.3) is 0 Å². The van der Waals surface area contributed by atoms with Gasteiger partial charge in [0.2, 0.25) is 0 Å². The highest BCUT2D eigenvalue weighted by molar-refractivity contribution is 7.99. The summed E-state index contributed by atoms with van der Waals surface area (Å²) in [4.78, 5) is 11.0. The van der Waals surface area contributed by atoms with Crippen molar-refractivity contribution in [2.24, 2.45) is 7.05 Å². The van der Waals surface area contributed by atoms with Crippen molar-refractivity contribution in [3.05, 3.63) is 36.0 Å². The first-order valence-corrected chi connectivity index (χ1v) is 8.43. The van der Waals surface area contributed by atoms with Crippen molar-refractivity contribution in [3.8, 4) is 23.0 Å². The molecule has 3 aromatic rings. The van der Waals surface area contributed by atoms with E-state index in [1.165, 1.54) is 0 Å². The van der Waals surface area contributed by atoms with Crippen LogP contribution in [0.5, 0.6) is 5.75 Å². The summed E-state index contributed by atoms with van der Waals surface area (Å²) in [5, 5.41) is 22.2. The fraction of sp³-hybridized carbons (Fsp3) is 0.250. The van der Waals surface area contributed by atoms with Crippen molar-refractivity contribution in [1.82, 2.24) is 24.5 Å². The lowest BCUT2D eigenvalue weighted by Gasteiger charge is -2.13. The van der Waals surface area contributed by atoms with Crippen LogP contribution in [0.25, 0.3) is 17.2 Å². The van der Waals surface area contributed by atoms with Crippen molar-refractivity contribution in [1.29, 1.82) is 0 Å². The number of hydrogen-bond acceptors (Lipinski definition) is 6. The second-order valence-electron chi connectivity index (χ2n) is 5.37. The number of aryl methyl sites for hydroxylation is 2. The number of rotatable bonds is 6. The molecule has 2 heterocycles. The van der Waals surface area contributed by atoms with Crippen LogP contribution in [0.3, 0.4) is 0 Å². The van der Waals surface area contributed by atoms with Gasteiger partial charge in [0.1, 0.15) is 11.4 Å². The molecule has 0 aliphatic heterocycles. The number of thioether (sulfide) groups is 1. The SMILES string of the molecule is COc1ccc(C)cc1-n1c(SCC(=O)O)nnc1-c1ccn(C)n1. The first-order valence-electron chi connectivity index (χ1n) is 7.44. The molecule has 0 saturated carbocycles. The molecule has 130 valence electrons. The molecule has 0 fully saturated rings. The zero-order chi connectivity index (χ0) is 18.0. The Morgan fingerprint density at radius 3 is 2.76 bits per heavy atom. The molecule has 3 rings (SSSR count). The lowest BCUT2D eigenvalue weighted by atomic mass is 10.2. The largest absolute Gasteiger partial charge is 0.495 e. The second-order valence-corrected chi connectivity index (χ2v) is 6.32. The molecule has 8 nitrogen and oxygen atoms in total. The van der Waals surface area contributed by atoms with E-state index in [0.717, 1.165) is 23.0 Å². The molecule has 0 spiro atoms. The topological polar surface area (TPSA) is 95.1 Å². The Kier molecular flexibility index (Phi) is 4.75. The predicted molar refractivity (Wildman–Crippen MR) is 93.2 cm³/mol. The molecular formula is C16H17N5O3S. The van der Waals surface area contributed by atoms with Crippen LogP contribution < -0.4 is 4.74 Å². The molecule has 1 N–H and O–H groups in total. The standard InChI is InChI=1S/C16H17N5O3S/c1-10-4-5-13(24-3)12(8-10)21-15(11-6-7-20(2)19-11)17-18-16(21)25-9-14(22)23/h4-8H,9H2,1-3H3,(H,22,23). The van der Waals surface area contributed by atoms with Crippen molar-refractivity contribution in [2.75, 3.05) is 12.9 Å². The van der Waals surface area contributed by atoms with Crippen molar-refractivity contribution < 1.29 is 14.6 Å². The van der Waals surface area contributed by atoms with Crippen LogP contribution in [0.4, 0.5) is 0 Å². The predicted octanol–water partition coefficient (Wildman–Crippen LogP) is 2.16. The van der Waals surface area contributed by atoms with Crippen LogP contribution >= 0.6 is 11.8 Å². The third-order valence-electron chi connectivity index (χ3n) is 3.48. The van der Waals surface area contributed by atoms with E-state index >= 15 is 0 Å². The van der Waals surface area contributed by atoms with E-state index in [0.29, 0.717) is 22.4 Å². The van der Waals surface area contributed by atoms with Crippen LogP contribution in [0, 0.1) is 6.92 Å². The minimum Gasteiger partial charge on any atom is -0.495 e. The van der Waals surface area contributed by atoms with Gasteiger partial charge >= 0.3 is 5.97 Å². The number of methoxy groups -OCH3 is 1. The van der Waals surface area contributed by atoms with Crippen molar-refractivity contribution in [2.45, 2.75) is 12.1 Å². The molecule has 0 aliphatic carbocycles. The van der Waals surface area contributed by atoms with E-state index in [1.54, 1.807) is 16.4 Å². The van der Waals surface area contributed by atoms with E-state index in [2.05, 4.69) is 15.3 Å². The monoisotopic (exact) mass is 359 g/mol. The van der Waals surface area contributed by atoms with Gasteiger partial charge in [-0.2, -0.15) is 5.10 Å². The highest BCUT2D eigenvalue weighted by Crippen LogP contribution is 2.32. The van der Waals surface area contributed by atoms with Gasteiger partial charge in [0, 0.05) is 13.2 Å². The van der Waals surface area contributed by atoms with Gasteiger partial charge in [-0.15, -0.1) is 10.2 Å². The molecule has 0 amide bonds. The zero-order valence-electron chi connectivity index (χ0n) is 14.0. The van der Waals surface area contributed by atoms with Gasteiger partial charge in [0.15, 0.2) is 11.0 Å². The maximum Gasteiger partial charge on any atom is 0.313 e. The van der Waals surface area contributed by atoms with E-state index < -0.39 is 5.97 Å². The van der Waals surface area contributed by atoms with Crippen molar-refractivity contribution >= 4 is 17.7 Å². The number of carboxylic acids is 1. The molecule has 0 saturated heterocycles. The number of ether oxygens (including phenoxy) is 1. The van der Waals surface area contributed by atoms with Crippen LogP contribution in [0.15, 0.2) is 35.6 Å². The molecule has 0 atom stereocenters. The first-order chi connectivity index (χ1) is 12.0. The fourth-order valence-corrected chi connectivity index (χ4v) is 3.05. The average Bonchev–Trinajstić information content (AvgIpc) is 3.18. The molecule has 1 aromatic carbocycles. The number of aliphatic carboxylic acids is 1. The summed E-state index contributed by atoms with van der Waals surface area (Å²) >= 11 is 1.10. The summed E-state index contributed by atoms with van der Waals surface area (Å²) in [6, 6.07) is 7.57. The molecule has 0 aliphatic rings. The minimum absolute atomic E-state index is 0.117. The number of carbonyl (C=O) groups is 1. The minimum atomic E-state index is -0.921. The Hall–Kier alpha value is -2.81. The molecule has 2 aromatic heterocycles. The summed E-state index contributed by atoms with van der Waals surface area (Å²) in [6.07, 6.45) is 1.81. The summed E-state index contributed by atoms with van der Waals surface area (Å²) in [7, 11) is 3.40. The average molecular weight is 359 g/mol. The fourth-order valence-electron chi connectivity index (χ4n) is 2.38. The number of benzene rings is 1. The second kappa shape index (κ2) is 6.98. The lowest BCUT2D eigenvalue weighted by Crippen LogP contribution is -2.05. The van der Waals surface area contributed by atoms with Crippen LogP contribution in [-0.2, 0) is 11.8 Å². The third-order valence-corrected chi connectivity index (χ3v) is 4.39. The Balaban J connectivity index is 2.19. The van der Waals surface area contributed by atoms with Gasteiger partial charge in [0.05, 0.1) is 18.6 Å². The summed E-state index contributed by atoms with van der Waals surface area (Å²) in [5.41, 5.74) is 2.41. The number of nitrogens with zero attached hydrogens (tertiary/aromatic N) is 5. The van der Waals surface area contributed by atoms with Crippen LogP contribution in [0.2, 0.25) is 0 Å². The van der Waals surface area contributed by atoms with Crippen LogP contribution in [0.1, 0.15) is 5.56 Å². The highest BCUT2D eigenvalue weighted by Gasteiger charge is 2.21. The van der Waals surface area contributed by atoms with Gasteiger partial charge in [-0.05, 0) is 30.7 Å². The lowest BCUT2D eigenvalue weighted by molar-refractivity contribution is -0.133. The zero-order valence-corrected chi connectivity index (χ0v) is 14.8. The highest BCUT2D eigenvalue weighted by atomic mass is 32.2. The quantitative estimate of drug-likeness (QED) is 0.674. The Morgan fingerprint density at radius 2 is 2.12 bits per heavy atom. The molecule has 0 radical (unpaired) electrons. The van der Waals surface area contributed by atoms with Gasteiger partial charge in [-0.1, -0.05) is 17.8 Å². The van der Waals surface area contributed by atoms with E-state index in [4.69, 9.17) is 9.84 Å². The summed E-state index contributed by atoms with van der Waals surface area (Å²) < 4.78 is 8.93. The molecule has 0 unspecified atom stereocenters. The molecule has 9 heteroatoms. The van der Waals surface area contributed by atoms with Gasteiger partial charge in [-0.3, -0.25) is 14.0 Å². The van der Waals surface area contributed by atoms with Gasteiger partial charge < -0.3 is 9.84 Å². The molecule has 0 bridgehead atoms. The molecule has 25 heavy (non-hydrogen) atoms. The Morgan fingerprint density at radius 1 is 1.32 bits per heavy atom. The normalized spacial score (nSPS) is 10.8. The Bertz CT molecular complexity index is 918. The van der Waals surface area contributed by atoms with Crippen molar-refractivity contribution in [3.63, 3.8) is 0 Å².